The van der Waals surface area contributed by atoms with Crippen LogP contribution in [0.4, 0.5) is 0 Å². The summed E-state index contributed by atoms with van der Waals surface area (Å²) in [5, 5.41) is 4.22. The third-order valence-corrected chi connectivity index (χ3v) is 1.64. The minimum atomic E-state index is 0.538. The highest BCUT2D eigenvalue weighted by molar-refractivity contribution is 5.08. The second-order valence-corrected chi connectivity index (χ2v) is 2.53. The molecule has 0 bridgehead atoms. The molecule has 0 aromatic carbocycles. The van der Waals surface area contributed by atoms with Gasteiger partial charge in [-0.1, -0.05) is 0 Å². The Kier molecular flexibility index (Phi) is 2.27. The van der Waals surface area contributed by atoms with E-state index in [1.807, 2.05) is 24.7 Å². The van der Waals surface area contributed by atoms with Crippen LogP contribution in [0, 0.1) is 13.5 Å². The zero-order valence-corrected chi connectivity index (χ0v) is 6.83. The maximum atomic E-state index is 6.60. The molecule has 1 heterocycles. The molecule has 1 aromatic heterocycles. The average molecular weight is 149 g/mol. The van der Waals surface area contributed by atoms with Gasteiger partial charge in [0.2, 0.25) is 6.54 Å². The van der Waals surface area contributed by atoms with Crippen molar-refractivity contribution in [1.29, 1.82) is 0 Å². The first kappa shape index (κ1) is 7.80. The lowest BCUT2D eigenvalue weighted by atomic mass is 10.3. The van der Waals surface area contributed by atoms with Crippen molar-refractivity contribution >= 4 is 0 Å². The quantitative estimate of drug-likeness (QED) is 0.579. The number of aromatic nitrogens is 2. The van der Waals surface area contributed by atoms with Gasteiger partial charge in [-0.25, -0.2) is 6.57 Å². The first-order valence-electron chi connectivity index (χ1n) is 3.57. The Hall–Kier alpha value is -1.30. The molecule has 0 aliphatic heterocycles. The summed E-state index contributed by atoms with van der Waals surface area (Å²) in [4.78, 5) is 3.27. The van der Waals surface area contributed by atoms with E-state index in [1.54, 1.807) is 0 Å². The van der Waals surface area contributed by atoms with Gasteiger partial charge in [0, 0.05) is 12.7 Å². The van der Waals surface area contributed by atoms with Gasteiger partial charge in [0.25, 0.3) is 0 Å². The van der Waals surface area contributed by atoms with Gasteiger partial charge in [0.15, 0.2) is 0 Å². The highest BCUT2D eigenvalue weighted by Gasteiger charge is 2.00. The number of hydrogen-bond acceptors (Lipinski definition) is 1. The summed E-state index contributed by atoms with van der Waals surface area (Å²) in [6.45, 7) is 9.15. The third-order valence-electron chi connectivity index (χ3n) is 1.64. The highest BCUT2D eigenvalue weighted by Crippen LogP contribution is 2.01. The lowest BCUT2D eigenvalue weighted by molar-refractivity contribution is 0.722. The molecule has 0 spiro atoms. The van der Waals surface area contributed by atoms with E-state index in [0.29, 0.717) is 6.54 Å². The number of hydrogen-bond donors (Lipinski definition) is 0. The largest absolute Gasteiger partial charge is 0.317 e. The topological polar surface area (TPSA) is 22.2 Å². The minimum absolute atomic E-state index is 0.538. The van der Waals surface area contributed by atoms with Gasteiger partial charge in [-0.2, -0.15) is 5.10 Å². The molecule has 0 aliphatic carbocycles. The van der Waals surface area contributed by atoms with Gasteiger partial charge in [-0.15, -0.1) is 0 Å². The van der Waals surface area contributed by atoms with E-state index in [0.717, 1.165) is 17.8 Å². The van der Waals surface area contributed by atoms with Crippen LogP contribution in [0.25, 0.3) is 4.85 Å². The number of rotatable bonds is 2. The van der Waals surface area contributed by atoms with Crippen molar-refractivity contribution in [3.05, 3.63) is 28.9 Å². The summed E-state index contributed by atoms with van der Waals surface area (Å²) in [5.74, 6) is 0. The lowest BCUT2D eigenvalue weighted by Gasteiger charge is -1.88. The molecule has 1 rings (SSSR count). The van der Waals surface area contributed by atoms with Crippen LogP contribution in [0.1, 0.15) is 11.4 Å². The summed E-state index contributed by atoms with van der Waals surface area (Å²) in [7, 11) is 1.91. The second kappa shape index (κ2) is 3.20. The maximum absolute atomic E-state index is 6.60. The Morgan fingerprint density at radius 2 is 2.45 bits per heavy atom. The Labute approximate surface area is 66.5 Å². The van der Waals surface area contributed by atoms with E-state index >= 15 is 0 Å². The van der Waals surface area contributed by atoms with E-state index in [1.165, 1.54) is 0 Å². The fourth-order valence-corrected chi connectivity index (χ4v) is 0.928. The molecule has 0 unspecified atom stereocenters. The van der Waals surface area contributed by atoms with E-state index in [2.05, 4.69) is 9.94 Å². The SMILES string of the molecule is [C-]#[N+]CCc1cc(C)n(C)n1. The molecular weight excluding hydrogens is 138 g/mol. The van der Waals surface area contributed by atoms with Crippen molar-refractivity contribution in [2.75, 3.05) is 6.54 Å². The molecule has 0 radical (unpaired) electrons. The standard InChI is InChI=1S/C8H11N3/c1-7-6-8(4-5-9-2)10-11(7)3/h6H,4-5H2,1,3H3. The maximum Gasteiger partial charge on any atom is 0.220 e. The highest BCUT2D eigenvalue weighted by atomic mass is 15.3. The molecule has 3 nitrogen and oxygen atoms in total. The zero-order chi connectivity index (χ0) is 8.27. The molecule has 58 valence electrons. The van der Waals surface area contributed by atoms with Crippen LogP contribution < -0.4 is 0 Å². The molecule has 0 atom stereocenters. The van der Waals surface area contributed by atoms with Gasteiger partial charge >= 0.3 is 0 Å². The summed E-state index contributed by atoms with van der Waals surface area (Å²) < 4.78 is 1.83. The normalized spacial score (nSPS) is 9.55. The minimum Gasteiger partial charge on any atom is -0.317 e. The fraction of sp³-hybridized carbons (Fsp3) is 0.500. The Morgan fingerprint density at radius 1 is 1.73 bits per heavy atom. The van der Waals surface area contributed by atoms with Crippen molar-refractivity contribution in [3.8, 4) is 0 Å². The predicted molar refractivity (Wildman–Crippen MR) is 43.1 cm³/mol. The molecule has 0 aliphatic rings. The molecule has 11 heavy (non-hydrogen) atoms. The molecule has 0 saturated heterocycles. The van der Waals surface area contributed by atoms with Gasteiger partial charge in [-0.3, -0.25) is 4.68 Å². The van der Waals surface area contributed by atoms with Crippen molar-refractivity contribution in [1.82, 2.24) is 9.78 Å². The van der Waals surface area contributed by atoms with Crippen LogP contribution in [-0.2, 0) is 13.5 Å². The van der Waals surface area contributed by atoms with Crippen LogP contribution in [0.3, 0.4) is 0 Å². The van der Waals surface area contributed by atoms with Gasteiger partial charge in [-0.05, 0) is 13.0 Å². The van der Waals surface area contributed by atoms with Crippen LogP contribution in [0.15, 0.2) is 6.07 Å². The predicted octanol–water partition coefficient (Wildman–Crippen LogP) is 1.19. The van der Waals surface area contributed by atoms with Crippen LogP contribution in [0.5, 0.6) is 0 Å². The molecule has 0 N–H and O–H groups in total. The first-order valence-corrected chi connectivity index (χ1v) is 3.57. The second-order valence-electron chi connectivity index (χ2n) is 2.53. The van der Waals surface area contributed by atoms with E-state index in [9.17, 15) is 0 Å². The Bertz CT molecular complexity index is 261. The van der Waals surface area contributed by atoms with Crippen molar-refractivity contribution < 1.29 is 0 Å². The van der Waals surface area contributed by atoms with Gasteiger partial charge < -0.3 is 4.85 Å². The summed E-state index contributed by atoms with van der Waals surface area (Å²) >= 11 is 0. The summed E-state index contributed by atoms with van der Waals surface area (Å²) in [5.41, 5.74) is 2.16. The molecule has 3 heteroatoms. The molecule has 0 fully saturated rings. The molecule has 0 amide bonds. The molecule has 1 aromatic rings. The fourth-order valence-electron chi connectivity index (χ4n) is 0.928. The van der Waals surface area contributed by atoms with Gasteiger partial charge in [0.1, 0.15) is 0 Å². The smallest absolute Gasteiger partial charge is 0.220 e. The van der Waals surface area contributed by atoms with Crippen LogP contribution >= 0.6 is 0 Å². The zero-order valence-electron chi connectivity index (χ0n) is 6.83. The summed E-state index contributed by atoms with van der Waals surface area (Å²) in [6, 6.07) is 2.02. The average Bonchev–Trinajstić information content (AvgIpc) is 2.28. The Morgan fingerprint density at radius 3 is 2.91 bits per heavy atom. The number of nitrogens with zero attached hydrogens (tertiary/aromatic N) is 3. The van der Waals surface area contributed by atoms with Crippen molar-refractivity contribution in [2.45, 2.75) is 13.3 Å². The Balaban J connectivity index is 2.67. The van der Waals surface area contributed by atoms with Crippen LogP contribution in [0.2, 0.25) is 0 Å². The summed E-state index contributed by atoms with van der Waals surface area (Å²) in [6.07, 6.45) is 0.769. The van der Waals surface area contributed by atoms with E-state index < -0.39 is 0 Å². The van der Waals surface area contributed by atoms with Gasteiger partial charge in [0.05, 0.1) is 12.1 Å². The molecule has 0 saturated carbocycles. The van der Waals surface area contributed by atoms with E-state index in [4.69, 9.17) is 6.57 Å². The first-order chi connectivity index (χ1) is 5.24. The third kappa shape index (κ3) is 1.81. The van der Waals surface area contributed by atoms with E-state index in [-0.39, 0.29) is 0 Å². The molecular formula is C8H11N3. The van der Waals surface area contributed by atoms with Crippen LogP contribution in [-0.4, -0.2) is 16.3 Å². The number of aryl methyl sites for hydroxylation is 2. The van der Waals surface area contributed by atoms with Crippen molar-refractivity contribution in [3.63, 3.8) is 0 Å². The monoisotopic (exact) mass is 149 g/mol. The lowest BCUT2D eigenvalue weighted by Crippen LogP contribution is -1.94. The van der Waals surface area contributed by atoms with Crippen molar-refractivity contribution in [2.24, 2.45) is 7.05 Å².